The minimum absolute atomic E-state index is 0.316. The van der Waals surface area contributed by atoms with Gasteiger partial charge in [-0.15, -0.1) is 0 Å². The minimum atomic E-state index is -0.316. The first-order valence-electron chi connectivity index (χ1n) is 4.43. The van der Waals surface area contributed by atoms with Crippen LogP contribution in [0.5, 0.6) is 0 Å². The van der Waals surface area contributed by atoms with E-state index in [9.17, 15) is 4.79 Å². The van der Waals surface area contributed by atoms with Crippen molar-refractivity contribution in [3.8, 4) is 0 Å². The van der Waals surface area contributed by atoms with E-state index in [4.69, 9.17) is 4.42 Å². The van der Waals surface area contributed by atoms with Crippen molar-refractivity contribution in [3.63, 3.8) is 0 Å². The topological polar surface area (TPSA) is 30.2 Å². The maximum absolute atomic E-state index is 11.0. The molecule has 0 bridgehead atoms. The molecule has 14 heavy (non-hydrogen) atoms. The Kier molecular flexibility index (Phi) is 2.19. The van der Waals surface area contributed by atoms with Gasteiger partial charge in [0.25, 0.3) is 0 Å². The number of rotatable bonds is 0. The number of fused-ring (bicyclic) bond motifs is 1. The lowest BCUT2D eigenvalue weighted by Gasteiger charge is -1.92. The van der Waals surface area contributed by atoms with Crippen LogP contribution in [0.15, 0.2) is 45.1 Å². The maximum Gasteiger partial charge on any atom is 0.336 e. The molecule has 1 aromatic rings. The Morgan fingerprint density at radius 1 is 1.14 bits per heavy atom. The zero-order chi connectivity index (χ0) is 9.97. The van der Waals surface area contributed by atoms with Crippen LogP contribution in [0.2, 0.25) is 0 Å². The Morgan fingerprint density at radius 3 is 2.86 bits per heavy atom. The van der Waals surface area contributed by atoms with Gasteiger partial charge in [0.15, 0.2) is 0 Å². The summed E-state index contributed by atoms with van der Waals surface area (Å²) in [5.41, 5.74) is 1.42. The fourth-order valence-electron chi connectivity index (χ4n) is 1.28. The molecule has 2 rings (SSSR count). The molecule has 1 aliphatic rings. The highest BCUT2D eigenvalue weighted by atomic mass is 16.4. The summed E-state index contributed by atoms with van der Waals surface area (Å²) >= 11 is 0. The second-order valence-corrected chi connectivity index (χ2v) is 3.18. The predicted molar refractivity (Wildman–Crippen MR) is 56.1 cm³/mol. The van der Waals surface area contributed by atoms with Gasteiger partial charge in [-0.1, -0.05) is 29.9 Å². The molecule has 0 spiro atoms. The van der Waals surface area contributed by atoms with Gasteiger partial charge in [0.2, 0.25) is 0 Å². The third kappa shape index (κ3) is 1.74. The Labute approximate surface area is 81.2 Å². The minimum Gasteiger partial charge on any atom is -0.423 e. The normalized spacial score (nSPS) is 19.1. The van der Waals surface area contributed by atoms with Gasteiger partial charge in [-0.05, 0) is 19.1 Å². The van der Waals surface area contributed by atoms with Gasteiger partial charge >= 0.3 is 5.63 Å². The van der Waals surface area contributed by atoms with E-state index in [1.165, 1.54) is 6.07 Å². The van der Waals surface area contributed by atoms with Gasteiger partial charge in [0.1, 0.15) is 5.42 Å². The van der Waals surface area contributed by atoms with Crippen molar-refractivity contribution < 1.29 is 4.42 Å². The fourth-order valence-corrected chi connectivity index (χ4v) is 1.28. The van der Waals surface area contributed by atoms with Crippen molar-refractivity contribution in [2.75, 3.05) is 0 Å². The molecule has 0 N–H and O–H groups in total. The Hall–Kier alpha value is -1.83. The first-order valence-corrected chi connectivity index (χ1v) is 4.43. The van der Waals surface area contributed by atoms with Crippen LogP contribution in [-0.4, -0.2) is 0 Å². The molecular formula is C12H10O2. The molecule has 2 nitrogen and oxygen atoms in total. The smallest absolute Gasteiger partial charge is 0.336 e. The molecule has 0 amide bonds. The van der Waals surface area contributed by atoms with Crippen LogP contribution in [-0.2, 0) is 0 Å². The van der Waals surface area contributed by atoms with E-state index in [0.717, 1.165) is 10.8 Å². The summed E-state index contributed by atoms with van der Waals surface area (Å²) in [6.07, 6.45) is 9.60. The van der Waals surface area contributed by atoms with Crippen LogP contribution >= 0.6 is 0 Å². The first kappa shape index (κ1) is 8.75. The summed E-state index contributed by atoms with van der Waals surface area (Å²) in [6.45, 7) is 1.99. The van der Waals surface area contributed by atoms with Crippen molar-refractivity contribution in [3.05, 3.63) is 57.0 Å². The van der Waals surface area contributed by atoms with Gasteiger partial charge in [-0.25, -0.2) is 4.79 Å². The maximum atomic E-state index is 11.0. The molecular weight excluding hydrogens is 176 g/mol. The number of hydrogen-bond acceptors (Lipinski definition) is 2. The van der Waals surface area contributed by atoms with Crippen molar-refractivity contribution in [2.45, 2.75) is 6.92 Å². The molecule has 0 unspecified atom stereocenters. The summed E-state index contributed by atoms with van der Waals surface area (Å²) in [7, 11) is 0. The van der Waals surface area contributed by atoms with Crippen LogP contribution < -0.4 is 16.3 Å². The highest BCUT2D eigenvalue weighted by molar-refractivity contribution is 5.48. The van der Waals surface area contributed by atoms with Crippen molar-refractivity contribution >= 4 is 12.2 Å². The Morgan fingerprint density at radius 2 is 2.00 bits per heavy atom. The van der Waals surface area contributed by atoms with Crippen molar-refractivity contribution in [2.24, 2.45) is 0 Å². The quantitative estimate of drug-likeness (QED) is 0.597. The molecule has 0 saturated carbocycles. The van der Waals surface area contributed by atoms with E-state index in [2.05, 4.69) is 0 Å². The summed E-state index contributed by atoms with van der Waals surface area (Å²) in [5.74, 6) is 0. The highest BCUT2D eigenvalue weighted by Crippen LogP contribution is 1.95. The van der Waals surface area contributed by atoms with Gasteiger partial charge in [-0.3, -0.25) is 0 Å². The zero-order valence-electron chi connectivity index (χ0n) is 7.86. The summed E-state index contributed by atoms with van der Waals surface area (Å²) in [4.78, 5) is 11.0. The molecule has 0 fully saturated rings. The lowest BCUT2D eigenvalue weighted by atomic mass is 10.2. The largest absolute Gasteiger partial charge is 0.423 e. The lowest BCUT2D eigenvalue weighted by molar-refractivity contribution is 0.474. The van der Waals surface area contributed by atoms with Gasteiger partial charge in [-0.2, -0.15) is 0 Å². The fraction of sp³-hybridized carbons (Fsp3) is 0.0833. The average Bonchev–Trinajstić information content (AvgIpc) is 2.15. The predicted octanol–water partition coefficient (Wildman–Crippen LogP) is 0.717. The van der Waals surface area contributed by atoms with Gasteiger partial charge in [0, 0.05) is 11.3 Å². The third-order valence-electron chi connectivity index (χ3n) is 2.03. The highest BCUT2D eigenvalue weighted by Gasteiger charge is 1.90. The van der Waals surface area contributed by atoms with E-state index < -0.39 is 0 Å². The molecule has 1 heterocycles. The molecule has 70 valence electrons. The van der Waals surface area contributed by atoms with Crippen LogP contribution in [0.25, 0.3) is 12.2 Å². The average molecular weight is 186 g/mol. The van der Waals surface area contributed by atoms with Crippen molar-refractivity contribution in [1.29, 1.82) is 0 Å². The molecule has 1 aliphatic carbocycles. The SMILES string of the molecule is CC1=C/C=c2/oc(=O)cc/c2=C/C=C1. The first-order chi connectivity index (χ1) is 6.75. The number of allylic oxidation sites excluding steroid dienone is 4. The van der Waals surface area contributed by atoms with E-state index in [0.29, 0.717) is 5.42 Å². The Bertz CT molecular complexity index is 571. The van der Waals surface area contributed by atoms with Gasteiger partial charge in [0.05, 0.1) is 0 Å². The van der Waals surface area contributed by atoms with E-state index in [1.807, 2.05) is 37.3 Å². The van der Waals surface area contributed by atoms with Crippen molar-refractivity contribution in [1.82, 2.24) is 0 Å². The van der Waals surface area contributed by atoms with E-state index in [-0.39, 0.29) is 5.63 Å². The lowest BCUT2D eigenvalue weighted by Crippen LogP contribution is -2.28. The van der Waals surface area contributed by atoms with Crippen LogP contribution in [0, 0.1) is 0 Å². The monoisotopic (exact) mass is 186 g/mol. The molecule has 0 aliphatic heterocycles. The number of hydrogen-bond donors (Lipinski definition) is 0. The second kappa shape index (κ2) is 3.50. The second-order valence-electron chi connectivity index (χ2n) is 3.18. The summed E-state index contributed by atoms with van der Waals surface area (Å²) in [5, 5.41) is 0.921. The molecule has 0 saturated heterocycles. The van der Waals surface area contributed by atoms with Crippen LogP contribution in [0.1, 0.15) is 6.92 Å². The van der Waals surface area contributed by atoms with E-state index >= 15 is 0 Å². The summed E-state index contributed by atoms with van der Waals surface area (Å²) < 4.78 is 5.06. The molecule has 0 radical (unpaired) electrons. The zero-order valence-corrected chi connectivity index (χ0v) is 7.86. The Balaban J connectivity index is 2.82. The van der Waals surface area contributed by atoms with Gasteiger partial charge < -0.3 is 4.42 Å². The van der Waals surface area contributed by atoms with Crippen LogP contribution in [0.4, 0.5) is 0 Å². The molecule has 0 aromatic carbocycles. The van der Waals surface area contributed by atoms with Crippen LogP contribution in [0.3, 0.4) is 0 Å². The molecule has 2 heteroatoms. The van der Waals surface area contributed by atoms with E-state index in [1.54, 1.807) is 6.07 Å². The molecule has 0 atom stereocenters. The summed E-state index contributed by atoms with van der Waals surface area (Å²) in [6, 6.07) is 3.19. The molecule has 1 aromatic heterocycles. The standard InChI is InChI=1S/C12H10O2/c1-9-3-2-4-10-6-8-12(13)14-11(10)7-5-9/h2-8H,1H3/b3-2?,4-2?,7-5?,9-3?,9-5?,10-4-,11-7+. The third-order valence-corrected chi connectivity index (χ3v) is 2.03.